The Kier molecular flexibility index (Phi) is 3.25. The molecule has 2 aromatic heterocycles. The number of hydrogen-bond donors (Lipinski definition) is 1. The molecule has 9 nitrogen and oxygen atoms in total. The van der Waals surface area contributed by atoms with E-state index in [9.17, 15) is 19.7 Å². The van der Waals surface area contributed by atoms with Crippen molar-refractivity contribution in [3.8, 4) is 5.69 Å². The first-order valence-corrected chi connectivity index (χ1v) is 6.89. The third-order valence-corrected chi connectivity index (χ3v) is 3.88. The molecule has 0 aliphatic heterocycles. The first kappa shape index (κ1) is 14.9. The minimum Gasteiger partial charge on any atom is -0.316 e. The van der Waals surface area contributed by atoms with E-state index in [2.05, 4.69) is 4.98 Å². The largest absolute Gasteiger partial charge is 0.332 e. The molecule has 0 aliphatic carbocycles. The van der Waals surface area contributed by atoms with Crippen LogP contribution in [-0.4, -0.2) is 23.6 Å². The lowest BCUT2D eigenvalue weighted by Crippen LogP contribution is -2.37. The van der Waals surface area contributed by atoms with Gasteiger partial charge in [0.1, 0.15) is 5.65 Å². The van der Waals surface area contributed by atoms with Crippen LogP contribution in [0.3, 0.4) is 0 Å². The van der Waals surface area contributed by atoms with Crippen molar-refractivity contribution in [2.75, 3.05) is 0 Å². The van der Waals surface area contributed by atoms with Crippen molar-refractivity contribution < 1.29 is 4.92 Å². The molecule has 0 bridgehead atoms. The van der Waals surface area contributed by atoms with Gasteiger partial charge in [-0.3, -0.25) is 28.6 Å². The molecule has 2 heterocycles. The summed E-state index contributed by atoms with van der Waals surface area (Å²) in [5, 5.41) is 10.9. The van der Waals surface area contributed by atoms with Gasteiger partial charge in [-0.2, -0.15) is 0 Å². The van der Waals surface area contributed by atoms with Crippen molar-refractivity contribution >= 4 is 29.1 Å². The fourth-order valence-corrected chi connectivity index (χ4v) is 2.72. The second-order valence-electron chi connectivity index (χ2n) is 4.95. The van der Waals surface area contributed by atoms with E-state index in [0.29, 0.717) is 5.69 Å². The second-order valence-corrected chi connectivity index (χ2v) is 5.33. The van der Waals surface area contributed by atoms with Gasteiger partial charge in [0.25, 0.3) is 11.2 Å². The van der Waals surface area contributed by atoms with Crippen LogP contribution in [0.1, 0.15) is 0 Å². The van der Waals surface area contributed by atoms with Crippen molar-refractivity contribution in [1.29, 1.82) is 0 Å². The molecule has 0 saturated carbocycles. The number of nitrogens with zero attached hydrogens (tertiary/aromatic N) is 4. The summed E-state index contributed by atoms with van der Waals surface area (Å²) in [6, 6.07) is 5.75. The van der Waals surface area contributed by atoms with E-state index in [-0.39, 0.29) is 21.6 Å². The van der Waals surface area contributed by atoms with E-state index in [1.54, 1.807) is 6.07 Å². The molecular weight excluding hydrogens is 322 g/mol. The average Bonchev–Trinajstić information content (AvgIpc) is 2.88. The predicted molar refractivity (Wildman–Crippen MR) is 85.6 cm³/mol. The van der Waals surface area contributed by atoms with E-state index in [4.69, 9.17) is 12.2 Å². The van der Waals surface area contributed by atoms with Crippen molar-refractivity contribution in [2.45, 2.75) is 0 Å². The summed E-state index contributed by atoms with van der Waals surface area (Å²) >= 11 is 5.22. The number of imidazole rings is 1. The van der Waals surface area contributed by atoms with Crippen LogP contribution in [0.15, 0.2) is 33.9 Å². The number of nitrogens with one attached hydrogen (secondary N) is 1. The molecule has 0 aliphatic rings. The van der Waals surface area contributed by atoms with Crippen LogP contribution in [0.2, 0.25) is 0 Å². The molecule has 0 atom stereocenters. The highest BCUT2D eigenvalue weighted by atomic mass is 32.1. The molecule has 118 valence electrons. The molecule has 1 aromatic carbocycles. The Morgan fingerprint density at radius 1 is 1.22 bits per heavy atom. The number of hydrogen-bond acceptors (Lipinski definition) is 5. The van der Waals surface area contributed by atoms with Crippen LogP contribution < -0.4 is 11.2 Å². The Balaban J connectivity index is 2.49. The molecule has 3 aromatic rings. The zero-order valence-corrected chi connectivity index (χ0v) is 13.0. The lowest BCUT2D eigenvalue weighted by molar-refractivity contribution is -0.384. The number of non-ortho nitro benzene ring substituents is 1. The van der Waals surface area contributed by atoms with Gasteiger partial charge in [-0.05, 0) is 18.3 Å². The molecule has 3 rings (SSSR count). The van der Waals surface area contributed by atoms with Crippen molar-refractivity contribution in [3.63, 3.8) is 0 Å². The molecule has 10 heteroatoms. The maximum absolute atomic E-state index is 12.5. The monoisotopic (exact) mass is 333 g/mol. The van der Waals surface area contributed by atoms with Gasteiger partial charge in [-0.1, -0.05) is 6.07 Å². The quantitative estimate of drug-likeness (QED) is 0.427. The summed E-state index contributed by atoms with van der Waals surface area (Å²) in [5.41, 5.74) is -0.381. The Morgan fingerprint density at radius 2 is 1.91 bits per heavy atom. The fraction of sp³-hybridized carbons (Fsp3) is 0.154. The smallest absolute Gasteiger partial charge is 0.316 e. The van der Waals surface area contributed by atoms with Crippen LogP contribution in [0.25, 0.3) is 16.9 Å². The summed E-state index contributed by atoms with van der Waals surface area (Å²) in [6.45, 7) is 0. The lowest BCUT2D eigenvalue weighted by atomic mass is 10.3. The SMILES string of the molecule is Cn1c(=O)c2c([nH]c(=S)n2-c2cccc([N+](=O)[O-])c2)n(C)c1=O. The predicted octanol–water partition coefficient (Wildman–Crippen LogP) is 0.994. The van der Waals surface area contributed by atoms with Crippen LogP contribution in [0, 0.1) is 14.9 Å². The highest BCUT2D eigenvalue weighted by Crippen LogP contribution is 2.20. The van der Waals surface area contributed by atoms with Crippen LogP contribution >= 0.6 is 12.2 Å². The normalized spacial score (nSPS) is 11.0. The number of nitro benzene ring substituents is 1. The summed E-state index contributed by atoms with van der Waals surface area (Å²) in [5.74, 6) is 0. The first-order valence-electron chi connectivity index (χ1n) is 6.48. The molecule has 0 amide bonds. The number of aromatic nitrogens is 4. The highest BCUT2D eigenvalue weighted by molar-refractivity contribution is 7.71. The van der Waals surface area contributed by atoms with E-state index < -0.39 is 16.2 Å². The number of nitro groups is 1. The minimum absolute atomic E-state index is 0.125. The third kappa shape index (κ3) is 2.11. The van der Waals surface area contributed by atoms with Gasteiger partial charge in [0, 0.05) is 26.2 Å². The summed E-state index contributed by atoms with van der Waals surface area (Å²) < 4.78 is 3.78. The number of H-pyrrole nitrogens is 1. The Hall–Kier alpha value is -3.01. The number of rotatable bonds is 2. The second kappa shape index (κ2) is 5.02. The van der Waals surface area contributed by atoms with Gasteiger partial charge >= 0.3 is 5.69 Å². The zero-order chi connectivity index (χ0) is 16.9. The third-order valence-electron chi connectivity index (χ3n) is 3.59. The molecule has 0 fully saturated rings. The van der Waals surface area contributed by atoms with Crippen molar-refractivity contribution in [3.05, 3.63) is 60.0 Å². The Labute approximate surface area is 133 Å². The van der Waals surface area contributed by atoms with E-state index in [1.165, 1.54) is 41.4 Å². The highest BCUT2D eigenvalue weighted by Gasteiger charge is 2.17. The molecule has 0 radical (unpaired) electrons. The number of aromatic amines is 1. The fourth-order valence-electron chi connectivity index (χ4n) is 2.42. The van der Waals surface area contributed by atoms with Gasteiger partial charge in [0.2, 0.25) is 0 Å². The molecule has 0 unspecified atom stereocenters. The van der Waals surface area contributed by atoms with Gasteiger partial charge in [0.15, 0.2) is 10.3 Å². The average molecular weight is 333 g/mol. The number of aryl methyl sites for hydroxylation is 1. The molecular formula is C13H11N5O4S. The zero-order valence-electron chi connectivity index (χ0n) is 12.1. The standard InChI is InChI=1S/C13H11N5O4S/c1-15-10-9(11(19)16(2)13(15)20)17(12(23)14-10)7-4-3-5-8(6-7)18(21)22/h3-6H,1-2H3,(H,14,23). The van der Waals surface area contributed by atoms with Gasteiger partial charge in [-0.15, -0.1) is 0 Å². The van der Waals surface area contributed by atoms with Gasteiger partial charge in [0.05, 0.1) is 10.6 Å². The van der Waals surface area contributed by atoms with Crippen molar-refractivity contribution in [2.24, 2.45) is 14.1 Å². The molecule has 0 spiro atoms. The van der Waals surface area contributed by atoms with Gasteiger partial charge in [-0.25, -0.2) is 4.79 Å². The van der Waals surface area contributed by atoms with Crippen LogP contribution in [-0.2, 0) is 14.1 Å². The molecule has 23 heavy (non-hydrogen) atoms. The van der Waals surface area contributed by atoms with E-state index in [1.807, 2.05) is 0 Å². The molecule has 0 saturated heterocycles. The van der Waals surface area contributed by atoms with E-state index in [0.717, 1.165) is 4.57 Å². The first-order chi connectivity index (χ1) is 10.8. The number of benzene rings is 1. The Morgan fingerprint density at radius 3 is 2.57 bits per heavy atom. The van der Waals surface area contributed by atoms with Crippen molar-refractivity contribution in [1.82, 2.24) is 18.7 Å². The maximum atomic E-state index is 12.5. The lowest BCUT2D eigenvalue weighted by Gasteiger charge is -2.06. The minimum atomic E-state index is -0.540. The Bertz CT molecular complexity index is 1130. The number of fused-ring (bicyclic) bond motifs is 1. The van der Waals surface area contributed by atoms with Gasteiger partial charge < -0.3 is 4.98 Å². The van der Waals surface area contributed by atoms with Crippen LogP contribution in [0.5, 0.6) is 0 Å². The summed E-state index contributed by atoms with van der Waals surface area (Å²) in [6.07, 6.45) is 0. The van der Waals surface area contributed by atoms with E-state index >= 15 is 0 Å². The summed E-state index contributed by atoms with van der Waals surface area (Å²) in [7, 11) is 2.87. The summed E-state index contributed by atoms with van der Waals surface area (Å²) in [4.78, 5) is 37.7. The topological polar surface area (TPSA) is 108 Å². The van der Waals surface area contributed by atoms with Crippen LogP contribution in [0.4, 0.5) is 5.69 Å². The maximum Gasteiger partial charge on any atom is 0.332 e. The molecule has 1 N–H and O–H groups in total.